The van der Waals surface area contributed by atoms with Gasteiger partial charge in [0.05, 0.1) is 12.2 Å². The van der Waals surface area contributed by atoms with Crippen LogP contribution in [0.25, 0.3) is 0 Å². The lowest BCUT2D eigenvalue weighted by Gasteiger charge is -2.03. The van der Waals surface area contributed by atoms with E-state index in [9.17, 15) is 19.7 Å². The molecule has 0 aliphatic rings. The normalized spacial score (nSPS) is 9.75. The summed E-state index contributed by atoms with van der Waals surface area (Å²) in [4.78, 5) is 36.0. The Bertz CT molecular complexity index is 787. The largest absolute Gasteiger partial charge is 0.478 e. The zero-order valence-electron chi connectivity index (χ0n) is 14.0. The van der Waals surface area contributed by atoms with Crippen LogP contribution >= 0.6 is 35.9 Å². The van der Waals surface area contributed by atoms with Gasteiger partial charge in [-0.25, -0.2) is 4.79 Å². The molecule has 1 amide bonds. The number of carboxylic acids is 1. The minimum atomic E-state index is -0.931. The second kappa shape index (κ2) is 12.7. The molecule has 15 heteroatoms. The highest BCUT2D eigenvalue weighted by Gasteiger charge is 2.06. The summed E-state index contributed by atoms with van der Waals surface area (Å²) in [5, 5.41) is 24.8. The number of rotatable bonds is 9. The second-order valence-corrected chi connectivity index (χ2v) is 7.07. The summed E-state index contributed by atoms with van der Waals surface area (Å²) in [6.07, 6.45) is 0. The highest BCUT2D eigenvalue weighted by Crippen LogP contribution is 2.20. The molecule has 0 aliphatic heterocycles. The Morgan fingerprint density at radius 2 is 2.00 bits per heavy atom. The van der Waals surface area contributed by atoms with Gasteiger partial charge in [0.1, 0.15) is 13.2 Å². The Hall–Kier alpha value is -2.62. The average Bonchev–Trinajstić information content (AvgIpc) is 3.06. The van der Waals surface area contributed by atoms with Crippen LogP contribution in [-0.4, -0.2) is 52.1 Å². The first kappa shape index (κ1) is 23.4. The number of nitrogens with one attached hydrogen (secondary N) is 1. The number of aromatic nitrogens is 2. The van der Waals surface area contributed by atoms with Crippen LogP contribution in [0.1, 0.15) is 10.4 Å². The summed E-state index contributed by atoms with van der Waals surface area (Å²) in [6.45, 7) is -0.506. The predicted octanol–water partition coefficient (Wildman–Crippen LogP) is 1.14. The summed E-state index contributed by atoms with van der Waals surface area (Å²) in [7, 11) is 0. The number of hydrogen-bond donors (Lipinski definition) is 4. The number of nitrogen functional groups attached to an aromatic ring is 1. The zero-order valence-corrected chi connectivity index (χ0v) is 16.5. The van der Waals surface area contributed by atoms with Crippen molar-refractivity contribution in [3.8, 4) is 0 Å². The molecule has 0 spiro atoms. The van der Waals surface area contributed by atoms with Crippen molar-refractivity contribution in [1.82, 2.24) is 14.9 Å². The average molecular weight is 449 g/mol. The van der Waals surface area contributed by atoms with Crippen LogP contribution in [0.5, 0.6) is 0 Å². The zero-order chi connectivity index (χ0) is 20.9. The number of ether oxygens (including phenoxy) is 1. The highest BCUT2D eigenvalue weighted by molar-refractivity contribution is 7.99. The third kappa shape index (κ3) is 10.5. The van der Waals surface area contributed by atoms with Crippen LogP contribution in [0.3, 0.4) is 0 Å². The first-order valence-corrected chi connectivity index (χ1v) is 9.28. The SMILES string of the molecule is Nc1nnc(SNC(=O)COCCO[N+](=O)[O-])s1.O=C(O)c1ccc(S)cc1. The number of carbonyl (C=O) groups excluding carboxylic acids is 1. The maximum Gasteiger partial charge on any atom is 0.335 e. The Balaban J connectivity index is 0.000000330. The summed E-state index contributed by atoms with van der Waals surface area (Å²) in [6, 6.07) is 6.33. The third-order valence-electron chi connectivity index (χ3n) is 2.45. The fourth-order valence-corrected chi connectivity index (χ4v) is 2.71. The molecular formula is C13H15N5O7S3. The molecule has 1 aromatic heterocycles. The van der Waals surface area contributed by atoms with Crippen LogP contribution < -0.4 is 10.5 Å². The van der Waals surface area contributed by atoms with E-state index in [1.165, 1.54) is 12.1 Å². The Kier molecular flexibility index (Phi) is 10.6. The first-order valence-electron chi connectivity index (χ1n) is 7.20. The van der Waals surface area contributed by atoms with Crippen LogP contribution in [0.2, 0.25) is 0 Å². The fraction of sp³-hybridized carbons (Fsp3) is 0.231. The number of carbonyl (C=O) groups is 2. The van der Waals surface area contributed by atoms with E-state index < -0.39 is 17.0 Å². The van der Waals surface area contributed by atoms with Gasteiger partial charge in [-0.3, -0.25) is 9.52 Å². The van der Waals surface area contributed by atoms with Crippen LogP contribution in [0.15, 0.2) is 33.5 Å². The molecule has 4 N–H and O–H groups in total. The molecular weight excluding hydrogens is 434 g/mol. The lowest BCUT2D eigenvalue weighted by Crippen LogP contribution is -2.22. The number of anilines is 1. The maximum absolute atomic E-state index is 11.2. The van der Waals surface area contributed by atoms with Crippen LogP contribution in [-0.2, 0) is 14.4 Å². The molecule has 0 bridgehead atoms. The van der Waals surface area contributed by atoms with Gasteiger partial charge in [-0.05, 0) is 24.3 Å². The smallest absolute Gasteiger partial charge is 0.335 e. The number of amides is 1. The summed E-state index contributed by atoms with van der Waals surface area (Å²) in [5.74, 6) is -1.32. The van der Waals surface area contributed by atoms with E-state index >= 15 is 0 Å². The number of nitrogens with two attached hydrogens (primary N) is 1. The van der Waals surface area contributed by atoms with Crippen molar-refractivity contribution in [2.24, 2.45) is 0 Å². The van der Waals surface area contributed by atoms with Gasteiger partial charge in [0.2, 0.25) is 5.13 Å². The highest BCUT2D eigenvalue weighted by atomic mass is 32.2. The molecule has 0 fully saturated rings. The van der Waals surface area contributed by atoms with E-state index in [-0.39, 0.29) is 25.4 Å². The van der Waals surface area contributed by atoms with Gasteiger partial charge in [-0.15, -0.1) is 32.9 Å². The Labute approximate surface area is 172 Å². The van der Waals surface area contributed by atoms with Gasteiger partial charge in [-0.1, -0.05) is 11.3 Å². The van der Waals surface area contributed by atoms with Crippen molar-refractivity contribution < 1.29 is 29.4 Å². The molecule has 1 heterocycles. The number of nitrogens with zero attached hydrogens (tertiary/aromatic N) is 3. The van der Waals surface area contributed by atoms with Crippen molar-refractivity contribution in [2.45, 2.75) is 9.24 Å². The number of carboxylic acid groups (broad SMARTS) is 1. The molecule has 152 valence electrons. The summed E-state index contributed by atoms with van der Waals surface area (Å²) in [5.41, 5.74) is 5.64. The number of aromatic carboxylic acids is 1. The molecule has 0 saturated carbocycles. The maximum atomic E-state index is 11.2. The van der Waals surface area contributed by atoms with Crippen molar-refractivity contribution in [3.63, 3.8) is 0 Å². The third-order valence-corrected chi connectivity index (χ3v) is 4.38. The van der Waals surface area contributed by atoms with E-state index in [2.05, 4.69) is 32.4 Å². The van der Waals surface area contributed by atoms with E-state index in [1.807, 2.05) is 0 Å². The second-order valence-electron chi connectivity index (χ2n) is 4.49. The van der Waals surface area contributed by atoms with Crippen molar-refractivity contribution >= 4 is 52.9 Å². The van der Waals surface area contributed by atoms with E-state index in [4.69, 9.17) is 15.6 Å². The van der Waals surface area contributed by atoms with Crippen LogP contribution in [0.4, 0.5) is 5.13 Å². The number of thiol groups is 1. The van der Waals surface area contributed by atoms with Gasteiger partial charge in [0, 0.05) is 16.8 Å². The van der Waals surface area contributed by atoms with Gasteiger partial charge in [0.25, 0.3) is 11.0 Å². The Morgan fingerprint density at radius 1 is 1.32 bits per heavy atom. The van der Waals surface area contributed by atoms with Gasteiger partial charge in [-0.2, -0.15) is 0 Å². The lowest BCUT2D eigenvalue weighted by atomic mass is 10.2. The standard InChI is InChI=1S/C7H6O2S.C6H9N5O5S2/c8-7(9)5-1-3-6(10)4-2-5;7-5-8-9-6(17-5)18-10-4(12)3-15-1-2-16-11(13)14/h1-4,10H,(H,8,9);1-3H2,(H2,7,8)(H,10,12). The quantitative estimate of drug-likeness (QED) is 0.142. The van der Waals surface area contributed by atoms with Crippen molar-refractivity contribution in [2.75, 3.05) is 25.6 Å². The minimum absolute atomic E-state index is 0.0508. The molecule has 0 saturated heterocycles. The first-order chi connectivity index (χ1) is 13.3. The monoisotopic (exact) mass is 449 g/mol. The summed E-state index contributed by atoms with van der Waals surface area (Å²) < 4.78 is 7.77. The van der Waals surface area contributed by atoms with E-state index in [0.717, 1.165) is 28.2 Å². The number of hydrogen-bond acceptors (Lipinski definition) is 12. The molecule has 2 rings (SSSR count). The molecule has 0 radical (unpaired) electrons. The number of benzene rings is 1. The van der Waals surface area contributed by atoms with Crippen molar-refractivity contribution in [1.29, 1.82) is 0 Å². The predicted molar refractivity (Wildman–Crippen MR) is 103 cm³/mol. The lowest BCUT2D eigenvalue weighted by molar-refractivity contribution is -0.758. The van der Waals surface area contributed by atoms with Gasteiger partial charge < -0.3 is 20.4 Å². The molecule has 0 atom stereocenters. The van der Waals surface area contributed by atoms with E-state index in [0.29, 0.717) is 9.47 Å². The molecule has 1 aromatic carbocycles. The van der Waals surface area contributed by atoms with E-state index in [1.54, 1.807) is 12.1 Å². The molecule has 12 nitrogen and oxygen atoms in total. The van der Waals surface area contributed by atoms with Gasteiger partial charge in [0.15, 0.2) is 4.34 Å². The molecule has 28 heavy (non-hydrogen) atoms. The molecule has 0 unspecified atom stereocenters. The minimum Gasteiger partial charge on any atom is -0.478 e. The Morgan fingerprint density at radius 3 is 2.54 bits per heavy atom. The fourth-order valence-electron chi connectivity index (χ4n) is 1.33. The molecule has 2 aromatic rings. The van der Waals surface area contributed by atoms with Gasteiger partial charge >= 0.3 is 5.97 Å². The molecule has 0 aliphatic carbocycles. The van der Waals surface area contributed by atoms with Crippen LogP contribution in [0, 0.1) is 10.1 Å². The topological polar surface area (TPSA) is 180 Å². The summed E-state index contributed by atoms with van der Waals surface area (Å²) >= 11 is 6.10. The van der Waals surface area contributed by atoms with Crippen molar-refractivity contribution in [3.05, 3.63) is 39.9 Å².